The van der Waals surface area contributed by atoms with Crippen molar-refractivity contribution in [1.29, 1.82) is 0 Å². The number of allylic oxidation sites excluding steroid dienone is 1. The molecule has 4 aromatic carbocycles. The molecule has 0 amide bonds. The fourth-order valence-electron chi connectivity index (χ4n) is 4.25. The quantitative estimate of drug-likeness (QED) is 0.306. The predicted octanol–water partition coefficient (Wildman–Crippen LogP) is 5.38. The molecule has 0 aromatic heterocycles. The van der Waals surface area contributed by atoms with Crippen molar-refractivity contribution in [2.75, 3.05) is 4.72 Å². The molecule has 0 saturated carbocycles. The lowest BCUT2D eigenvalue weighted by Gasteiger charge is -2.20. The molecule has 6 nitrogen and oxygen atoms in total. The smallest absolute Gasteiger partial charge is 0.261 e. The minimum Gasteiger partial charge on any atom is -0.508 e. The Bertz CT molecular complexity index is 1520. The Kier molecular flexibility index (Phi) is 4.98. The van der Waals surface area contributed by atoms with Gasteiger partial charge in [-0.3, -0.25) is 4.72 Å². The molecule has 0 fully saturated rings. The first-order valence-corrected chi connectivity index (χ1v) is 11.9. The van der Waals surface area contributed by atoms with Gasteiger partial charge in [-0.1, -0.05) is 42.5 Å². The third kappa shape index (κ3) is 3.66. The Labute approximate surface area is 191 Å². The van der Waals surface area contributed by atoms with E-state index >= 15 is 0 Å². The second kappa shape index (κ2) is 7.86. The number of nitrogens with one attached hydrogen (secondary N) is 1. The van der Waals surface area contributed by atoms with Crippen LogP contribution in [0.5, 0.6) is 17.2 Å². The molecule has 166 valence electrons. The molecule has 4 N–H and O–H groups in total. The Morgan fingerprint density at radius 3 is 2.33 bits per heavy atom. The van der Waals surface area contributed by atoms with Gasteiger partial charge in [0.2, 0.25) is 0 Å². The number of benzene rings is 4. The van der Waals surface area contributed by atoms with E-state index in [4.69, 9.17) is 0 Å². The standard InChI is InChI=1S/C26H21NO5S/c28-17-10-12-18(13-11-17)33(31,32)27-23-15-22(26(30)21-8-4-3-7-20(21)23)25-19-6-2-1-5-16(19)9-14-24(25)29/h2-4,6-15,27-30H,1,5H2. The van der Waals surface area contributed by atoms with E-state index in [0.29, 0.717) is 21.9 Å². The average Bonchev–Trinajstić information content (AvgIpc) is 2.81. The Balaban J connectivity index is 1.74. The predicted molar refractivity (Wildman–Crippen MR) is 129 cm³/mol. The maximum absolute atomic E-state index is 13.1. The van der Waals surface area contributed by atoms with Crippen LogP contribution in [0, 0.1) is 0 Å². The van der Waals surface area contributed by atoms with E-state index in [0.717, 1.165) is 24.0 Å². The van der Waals surface area contributed by atoms with Crippen molar-refractivity contribution in [2.45, 2.75) is 17.7 Å². The van der Waals surface area contributed by atoms with Gasteiger partial charge in [-0.2, -0.15) is 0 Å². The van der Waals surface area contributed by atoms with Gasteiger partial charge < -0.3 is 15.3 Å². The van der Waals surface area contributed by atoms with E-state index in [2.05, 4.69) is 4.72 Å². The molecule has 4 aromatic rings. The maximum atomic E-state index is 13.1. The molecule has 0 spiro atoms. The number of aryl methyl sites for hydroxylation is 1. The van der Waals surface area contributed by atoms with Crippen LogP contribution in [0.25, 0.3) is 28.0 Å². The molecule has 0 radical (unpaired) electrons. The molecular formula is C26H21NO5S. The second-order valence-corrected chi connectivity index (χ2v) is 9.62. The maximum Gasteiger partial charge on any atom is 0.261 e. The van der Waals surface area contributed by atoms with Gasteiger partial charge in [-0.15, -0.1) is 0 Å². The van der Waals surface area contributed by atoms with Gasteiger partial charge in [-0.05, 0) is 60.4 Å². The van der Waals surface area contributed by atoms with E-state index in [1.165, 1.54) is 24.3 Å². The van der Waals surface area contributed by atoms with Crippen LogP contribution in [-0.2, 0) is 16.4 Å². The fraction of sp³-hybridized carbons (Fsp3) is 0.0769. The summed E-state index contributed by atoms with van der Waals surface area (Å²) < 4.78 is 28.8. The third-order valence-electron chi connectivity index (χ3n) is 5.86. The number of hydrogen-bond donors (Lipinski definition) is 4. The normalized spacial score (nSPS) is 13.1. The molecule has 5 rings (SSSR count). The largest absolute Gasteiger partial charge is 0.508 e. The summed E-state index contributed by atoms with van der Waals surface area (Å²) in [5.41, 5.74) is 2.90. The van der Waals surface area contributed by atoms with Crippen LogP contribution in [0.2, 0.25) is 0 Å². The molecule has 1 aliphatic carbocycles. The minimum atomic E-state index is -3.98. The van der Waals surface area contributed by atoms with Crippen molar-refractivity contribution >= 4 is 32.6 Å². The first-order valence-electron chi connectivity index (χ1n) is 10.4. The zero-order valence-corrected chi connectivity index (χ0v) is 18.3. The SMILES string of the molecule is O=S(=O)(Nc1cc(-c2c(O)ccc3c2C=CCC3)c(O)c2ccccc12)c1ccc(O)cc1. The summed E-state index contributed by atoms with van der Waals surface area (Å²) in [6.45, 7) is 0. The molecule has 1 aliphatic rings. The van der Waals surface area contributed by atoms with Crippen molar-refractivity contribution in [3.8, 4) is 28.4 Å². The van der Waals surface area contributed by atoms with Crippen LogP contribution < -0.4 is 4.72 Å². The fourth-order valence-corrected chi connectivity index (χ4v) is 5.32. The highest BCUT2D eigenvalue weighted by molar-refractivity contribution is 7.92. The molecule has 0 aliphatic heterocycles. The van der Waals surface area contributed by atoms with Crippen molar-refractivity contribution in [1.82, 2.24) is 0 Å². The number of phenols is 3. The topological polar surface area (TPSA) is 107 Å². The zero-order chi connectivity index (χ0) is 23.2. The van der Waals surface area contributed by atoms with Crippen LogP contribution in [0.3, 0.4) is 0 Å². The number of sulfonamides is 1. The molecule has 0 heterocycles. The van der Waals surface area contributed by atoms with Crippen LogP contribution in [0.15, 0.2) is 77.7 Å². The zero-order valence-electron chi connectivity index (χ0n) is 17.5. The first-order chi connectivity index (χ1) is 15.8. The van der Waals surface area contributed by atoms with Gasteiger partial charge in [0, 0.05) is 21.9 Å². The lowest BCUT2D eigenvalue weighted by atomic mass is 9.88. The monoisotopic (exact) mass is 459 g/mol. The van der Waals surface area contributed by atoms with E-state index in [-0.39, 0.29) is 27.8 Å². The van der Waals surface area contributed by atoms with Crippen LogP contribution in [0.1, 0.15) is 17.5 Å². The molecule has 0 saturated heterocycles. The number of hydrogen-bond acceptors (Lipinski definition) is 5. The van der Waals surface area contributed by atoms with Gasteiger partial charge in [0.05, 0.1) is 10.6 Å². The van der Waals surface area contributed by atoms with Crippen LogP contribution in [-0.4, -0.2) is 23.7 Å². The van der Waals surface area contributed by atoms with Gasteiger partial charge >= 0.3 is 0 Å². The molecule has 0 unspecified atom stereocenters. The highest BCUT2D eigenvalue weighted by Crippen LogP contribution is 2.46. The van der Waals surface area contributed by atoms with Crippen molar-refractivity contribution in [3.63, 3.8) is 0 Å². The van der Waals surface area contributed by atoms with Crippen molar-refractivity contribution in [2.24, 2.45) is 0 Å². The number of anilines is 1. The van der Waals surface area contributed by atoms with E-state index in [1.54, 1.807) is 36.4 Å². The summed E-state index contributed by atoms with van der Waals surface area (Å²) in [6.07, 6.45) is 5.63. The molecule has 0 atom stereocenters. The van der Waals surface area contributed by atoms with Crippen molar-refractivity contribution < 1.29 is 23.7 Å². The summed E-state index contributed by atoms with van der Waals surface area (Å²) >= 11 is 0. The molecule has 7 heteroatoms. The number of rotatable bonds is 4. The molecular weight excluding hydrogens is 438 g/mol. The number of fused-ring (bicyclic) bond motifs is 2. The molecule has 0 bridgehead atoms. The van der Waals surface area contributed by atoms with Gasteiger partial charge in [0.1, 0.15) is 17.2 Å². The lowest BCUT2D eigenvalue weighted by Crippen LogP contribution is -2.13. The van der Waals surface area contributed by atoms with Crippen molar-refractivity contribution in [3.05, 3.63) is 83.9 Å². The highest BCUT2D eigenvalue weighted by atomic mass is 32.2. The number of aromatic hydroxyl groups is 3. The summed E-state index contributed by atoms with van der Waals surface area (Å²) in [5.74, 6) is -0.0808. The average molecular weight is 460 g/mol. The van der Waals surface area contributed by atoms with E-state index in [1.807, 2.05) is 18.2 Å². The van der Waals surface area contributed by atoms with Gasteiger partial charge in [0.15, 0.2) is 0 Å². The van der Waals surface area contributed by atoms with Gasteiger partial charge in [-0.25, -0.2) is 8.42 Å². The second-order valence-electron chi connectivity index (χ2n) is 7.94. The Morgan fingerprint density at radius 1 is 0.848 bits per heavy atom. The highest BCUT2D eigenvalue weighted by Gasteiger charge is 2.23. The van der Waals surface area contributed by atoms with E-state index in [9.17, 15) is 23.7 Å². The molecule has 33 heavy (non-hydrogen) atoms. The van der Waals surface area contributed by atoms with Gasteiger partial charge in [0.25, 0.3) is 10.0 Å². The Morgan fingerprint density at radius 2 is 1.58 bits per heavy atom. The Hall–Kier alpha value is -3.97. The first kappa shape index (κ1) is 20.9. The van der Waals surface area contributed by atoms with E-state index < -0.39 is 10.0 Å². The summed E-state index contributed by atoms with van der Waals surface area (Å²) in [6, 6.07) is 17.2. The summed E-state index contributed by atoms with van der Waals surface area (Å²) in [4.78, 5) is -0.0122. The summed E-state index contributed by atoms with van der Waals surface area (Å²) in [5, 5.41) is 32.4. The minimum absolute atomic E-state index is 0.00165. The van der Waals surface area contributed by atoms with Crippen LogP contribution in [0.4, 0.5) is 5.69 Å². The third-order valence-corrected chi connectivity index (χ3v) is 7.24. The lowest BCUT2D eigenvalue weighted by molar-refractivity contribution is 0.471. The summed E-state index contributed by atoms with van der Waals surface area (Å²) in [7, 11) is -3.98. The number of phenolic OH excluding ortho intramolecular Hbond substituents is 3. The van der Waals surface area contributed by atoms with Crippen LogP contribution >= 0.6 is 0 Å².